The lowest BCUT2D eigenvalue weighted by Gasteiger charge is -2.02. The third-order valence-electron chi connectivity index (χ3n) is 0.987. The number of halogens is 1. The van der Waals surface area contributed by atoms with E-state index in [0.717, 1.165) is 6.21 Å². The van der Waals surface area contributed by atoms with Crippen LogP contribution in [0.3, 0.4) is 0 Å². The standard InChI is InChI=1S/C5H10FN/c1-4(3-7)5(2)6/h3-5,7H,1-2H3. The highest BCUT2D eigenvalue weighted by Gasteiger charge is 2.04. The highest BCUT2D eigenvalue weighted by molar-refractivity contribution is 5.56. The number of rotatable bonds is 2. The van der Waals surface area contributed by atoms with Crippen molar-refractivity contribution in [1.29, 1.82) is 5.41 Å². The summed E-state index contributed by atoms with van der Waals surface area (Å²) < 4.78 is 11.9. The first-order valence-corrected chi connectivity index (χ1v) is 2.33. The monoisotopic (exact) mass is 103 g/mol. The van der Waals surface area contributed by atoms with Crippen molar-refractivity contribution in [2.45, 2.75) is 20.0 Å². The third-order valence-corrected chi connectivity index (χ3v) is 0.987. The number of alkyl halides is 1. The largest absolute Gasteiger partial charge is 0.313 e. The van der Waals surface area contributed by atoms with E-state index in [-0.39, 0.29) is 5.92 Å². The van der Waals surface area contributed by atoms with Gasteiger partial charge in [-0.05, 0) is 6.92 Å². The van der Waals surface area contributed by atoms with Crippen LogP contribution in [-0.2, 0) is 0 Å². The van der Waals surface area contributed by atoms with Crippen molar-refractivity contribution in [3.8, 4) is 0 Å². The van der Waals surface area contributed by atoms with Crippen molar-refractivity contribution in [3.05, 3.63) is 0 Å². The fourth-order valence-electron chi connectivity index (χ4n) is 0.133. The number of hydrogen-bond acceptors (Lipinski definition) is 1. The summed E-state index contributed by atoms with van der Waals surface area (Å²) in [6.07, 6.45) is 0.238. The normalized spacial score (nSPS) is 18.1. The fourth-order valence-corrected chi connectivity index (χ4v) is 0.133. The minimum atomic E-state index is -0.877. The van der Waals surface area contributed by atoms with Gasteiger partial charge in [-0.3, -0.25) is 0 Å². The van der Waals surface area contributed by atoms with E-state index >= 15 is 0 Å². The highest BCUT2D eigenvalue weighted by atomic mass is 19.1. The molecule has 0 bridgehead atoms. The SMILES string of the molecule is CC(F)C(C)C=N. The second-order valence-electron chi connectivity index (χ2n) is 1.70. The van der Waals surface area contributed by atoms with E-state index in [4.69, 9.17) is 5.41 Å². The summed E-state index contributed by atoms with van der Waals surface area (Å²) >= 11 is 0. The Morgan fingerprint density at radius 1 is 1.57 bits per heavy atom. The van der Waals surface area contributed by atoms with Crippen LogP contribution in [0.5, 0.6) is 0 Å². The van der Waals surface area contributed by atoms with E-state index in [9.17, 15) is 4.39 Å². The maximum atomic E-state index is 11.9. The molecule has 0 saturated heterocycles. The van der Waals surface area contributed by atoms with E-state index in [1.54, 1.807) is 6.92 Å². The molecular weight excluding hydrogens is 93.1 g/mol. The van der Waals surface area contributed by atoms with E-state index in [1.807, 2.05) is 0 Å². The average Bonchev–Trinajstić information content (AvgIpc) is 1.65. The minimum Gasteiger partial charge on any atom is -0.313 e. The van der Waals surface area contributed by atoms with Crippen LogP contribution < -0.4 is 0 Å². The first-order chi connectivity index (χ1) is 3.18. The summed E-state index contributed by atoms with van der Waals surface area (Å²) in [5, 5.41) is 6.57. The van der Waals surface area contributed by atoms with Gasteiger partial charge < -0.3 is 5.41 Å². The van der Waals surface area contributed by atoms with Crippen LogP contribution in [0.4, 0.5) is 4.39 Å². The molecule has 0 aliphatic heterocycles. The Balaban J connectivity index is 3.33. The Morgan fingerprint density at radius 3 is 2.00 bits per heavy atom. The van der Waals surface area contributed by atoms with Crippen molar-refractivity contribution in [2.24, 2.45) is 5.92 Å². The van der Waals surface area contributed by atoms with Crippen LogP contribution in [0.25, 0.3) is 0 Å². The quantitative estimate of drug-likeness (QED) is 0.513. The van der Waals surface area contributed by atoms with E-state index in [1.165, 1.54) is 6.92 Å². The Morgan fingerprint density at radius 2 is 2.00 bits per heavy atom. The van der Waals surface area contributed by atoms with Crippen LogP contribution in [0, 0.1) is 11.3 Å². The molecule has 1 N–H and O–H groups in total. The van der Waals surface area contributed by atoms with Gasteiger partial charge in [-0.1, -0.05) is 6.92 Å². The molecule has 0 aromatic heterocycles. The Labute approximate surface area is 43.0 Å². The van der Waals surface area contributed by atoms with Gasteiger partial charge in [-0.2, -0.15) is 0 Å². The molecule has 2 heteroatoms. The first-order valence-electron chi connectivity index (χ1n) is 2.33. The minimum absolute atomic E-state index is 0.222. The molecule has 2 atom stereocenters. The van der Waals surface area contributed by atoms with Crippen molar-refractivity contribution in [2.75, 3.05) is 0 Å². The molecule has 1 nitrogen and oxygen atoms in total. The van der Waals surface area contributed by atoms with Crippen molar-refractivity contribution in [1.82, 2.24) is 0 Å². The summed E-state index contributed by atoms with van der Waals surface area (Å²) in [4.78, 5) is 0. The molecule has 0 aromatic rings. The molecule has 0 radical (unpaired) electrons. The number of hydrogen-bond donors (Lipinski definition) is 1. The van der Waals surface area contributed by atoms with Gasteiger partial charge in [-0.25, -0.2) is 4.39 Å². The fraction of sp³-hybridized carbons (Fsp3) is 0.800. The van der Waals surface area contributed by atoms with Crippen LogP contribution in [-0.4, -0.2) is 12.4 Å². The van der Waals surface area contributed by atoms with Gasteiger partial charge in [0.15, 0.2) is 0 Å². The second-order valence-corrected chi connectivity index (χ2v) is 1.70. The lowest BCUT2D eigenvalue weighted by molar-refractivity contribution is 0.316. The Kier molecular flexibility index (Phi) is 2.56. The molecule has 0 fully saturated rings. The van der Waals surface area contributed by atoms with Gasteiger partial charge in [0.1, 0.15) is 6.17 Å². The molecule has 0 aliphatic rings. The summed E-state index contributed by atoms with van der Waals surface area (Å²) in [5.41, 5.74) is 0. The average molecular weight is 103 g/mol. The van der Waals surface area contributed by atoms with E-state index in [2.05, 4.69) is 0 Å². The molecule has 0 spiro atoms. The van der Waals surface area contributed by atoms with Crippen LogP contribution in [0.2, 0.25) is 0 Å². The van der Waals surface area contributed by atoms with Crippen LogP contribution in [0.1, 0.15) is 13.8 Å². The molecular formula is C5H10FN. The zero-order valence-electron chi connectivity index (χ0n) is 4.61. The van der Waals surface area contributed by atoms with E-state index < -0.39 is 6.17 Å². The van der Waals surface area contributed by atoms with Gasteiger partial charge in [-0.15, -0.1) is 0 Å². The lowest BCUT2D eigenvalue weighted by atomic mass is 10.1. The molecule has 0 saturated carbocycles. The predicted molar refractivity (Wildman–Crippen MR) is 28.5 cm³/mol. The summed E-state index contributed by atoms with van der Waals surface area (Å²) in [6.45, 7) is 3.13. The zero-order chi connectivity index (χ0) is 5.86. The van der Waals surface area contributed by atoms with Gasteiger partial charge >= 0.3 is 0 Å². The smallest absolute Gasteiger partial charge is 0.105 e. The maximum absolute atomic E-state index is 11.9. The summed E-state index contributed by atoms with van der Waals surface area (Å²) in [7, 11) is 0. The van der Waals surface area contributed by atoms with Crippen molar-refractivity contribution in [3.63, 3.8) is 0 Å². The van der Waals surface area contributed by atoms with Gasteiger partial charge in [0.25, 0.3) is 0 Å². The number of nitrogens with one attached hydrogen (secondary N) is 1. The second kappa shape index (κ2) is 2.72. The predicted octanol–water partition coefficient (Wildman–Crippen LogP) is 1.63. The molecule has 0 heterocycles. The molecule has 2 unspecified atom stereocenters. The Hall–Kier alpha value is -0.400. The molecule has 0 aliphatic carbocycles. The van der Waals surface area contributed by atoms with Crippen LogP contribution in [0.15, 0.2) is 0 Å². The van der Waals surface area contributed by atoms with Crippen LogP contribution >= 0.6 is 0 Å². The summed E-state index contributed by atoms with van der Waals surface area (Å²) in [5.74, 6) is -0.222. The van der Waals surface area contributed by atoms with Gasteiger partial charge in [0, 0.05) is 12.1 Å². The van der Waals surface area contributed by atoms with Crippen molar-refractivity contribution < 1.29 is 4.39 Å². The van der Waals surface area contributed by atoms with Gasteiger partial charge in [0.2, 0.25) is 0 Å². The first kappa shape index (κ1) is 6.60. The Bertz CT molecular complexity index is 61.1. The molecule has 0 amide bonds. The third kappa shape index (κ3) is 2.31. The molecule has 42 valence electrons. The molecule has 0 rings (SSSR count). The highest BCUT2D eigenvalue weighted by Crippen LogP contribution is 2.00. The lowest BCUT2D eigenvalue weighted by Crippen LogP contribution is -2.07. The topological polar surface area (TPSA) is 23.9 Å². The van der Waals surface area contributed by atoms with Crippen molar-refractivity contribution >= 4 is 6.21 Å². The van der Waals surface area contributed by atoms with E-state index in [0.29, 0.717) is 0 Å². The molecule has 7 heavy (non-hydrogen) atoms. The molecule has 0 aromatic carbocycles. The maximum Gasteiger partial charge on any atom is 0.105 e. The summed E-state index contributed by atoms with van der Waals surface area (Å²) in [6, 6.07) is 0. The van der Waals surface area contributed by atoms with Gasteiger partial charge in [0.05, 0.1) is 0 Å². The zero-order valence-corrected chi connectivity index (χ0v) is 4.61.